The van der Waals surface area contributed by atoms with Crippen molar-refractivity contribution in [3.63, 3.8) is 0 Å². The standard InChI is InChI=1S/C20H18ClFN4OS/c1-13-12-28-19(24-13)14-2-5-18(23-11-14)25-6-8-26(9-7-25)20(27)16-10-15(22)3-4-17(16)21/h2-5,10-12H,6-9H2,1H3. The number of hydrogen-bond donors (Lipinski definition) is 0. The maximum absolute atomic E-state index is 13.5. The molecule has 1 aromatic carbocycles. The molecule has 0 aliphatic carbocycles. The van der Waals surface area contributed by atoms with Crippen molar-refractivity contribution in [1.82, 2.24) is 14.9 Å². The molecule has 5 nitrogen and oxygen atoms in total. The third kappa shape index (κ3) is 3.86. The van der Waals surface area contributed by atoms with Crippen LogP contribution in [-0.4, -0.2) is 47.0 Å². The Labute approximate surface area is 171 Å². The second-order valence-corrected chi connectivity index (χ2v) is 7.87. The number of carbonyl (C=O) groups excluding carboxylic acids is 1. The fourth-order valence-electron chi connectivity index (χ4n) is 3.16. The normalized spacial score (nSPS) is 14.4. The van der Waals surface area contributed by atoms with Gasteiger partial charge in [-0.15, -0.1) is 11.3 Å². The maximum atomic E-state index is 13.5. The molecule has 1 saturated heterocycles. The fourth-order valence-corrected chi connectivity index (χ4v) is 4.14. The van der Waals surface area contributed by atoms with E-state index in [4.69, 9.17) is 11.6 Å². The van der Waals surface area contributed by atoms with Crippen molar-refractivity contribution >= 4 is 34.7 Å². The van der Waals surface area contributed by atoms with Crippen LogP contribution in [0.4, 0.5) is 10.2 Å². The number of pyridine rings is 1. The number of nitrogens with zero attached hydrogens (tertiary/aromatic N) is 4. The highest BCUT2D eigenvalue weighted by molar-refractivity contribution is 7.13. The summed E-state index contributed by atoms with van der Waals surface area (Å²) in [6.45, 7) is 4.34. The van der Waals surface area contributed by atoms with Gasteiger partial charge in [-0.2, -0.15) is 0 Å². The van der Waals surface area contributed by atoms with Gasteiger partial charge in [0, 0.05) is 49.0 Å². The number of anilines is 1. The quantitative estimate of drug-likeness (QED) is 0.639. The molecule has 2 aromatic heterocycles. The molecule has 1 fully saturated rings. The first kappa shape index (κ1) is 18.8. The number of thiazole rings is 1. The van der Waals surface area contributed by atoms with Gasteiger partial charge in [-0.05, 0) is 37.3 Å². The van der Waals surface area contributed by atoms with Crippen LogP contribution in [-0.2, 0) is 0 Å². The van der Waals surface area contributed by atoms with Crippen LogP contribution >= 0.6 is 22.9 Å². The molecule has 1 aliphatic rings. The van der Waals surface area contributed by atoms with E-state index in [1.54, 1.807) is 16.2 Å². The predicted octanol–water partition coefficient (Wildman–Crippen LogP) is 4.27. The number of halogens is 2. The van der Waals surface area contributed by atoms with E-state index >= 15 is 0 Å². The summed E-state index contributed by atoms with van der Waals surface area (Å²) in [5.74, 6) is 0.158. The molecule has 1 amide bonds. The monoisotopic (exact) mass is 416 g/mol. The summed E-state index contributed by atoms with van der Waals surface area (Å²) < 4.78 is 13.5. The smallest absolute Gasteiger partial charge is 0.255 e. The first-order valence-corrected chi connectivity index (χ1v) is 10.1. The highest BCUT2D eigenvalue weighted by Gasteiger charge is 2.24. The number of benzene rings is 1. The summed E-state index contributed by atoms with van der Waals surface area (Å²) in [7, 11) is 0. The minimum atomic E-state index is -0.467. The molecule has 3 heterocycles. The van der Waals surface area contributed by atoms with Crippen molar-refractivity contribution in [3.05, 3.63) is 64.0 Å². The lowest BCUT2D eigenvalue weighted by Gasteiger charge is -2.35. The fraction of sp³-hybridized carbons (Fsp3) is 0.250. The topological polar surface area (TPSA) is 49.3 Å². The number of amides is 1. The molecule has 0 atom stereocenters. The van der Waals surface area contributed by atoms with Crippen LogP contribution in [0.5, 0.6) is 0 Å². The molecule has 0 unspecified atom stereocenters. The SMILES string of the molecule is Cc1csc(-c2ccc(N3CCN(C(=O)c4cc(F)ccc4Cl)CC3)nc2)n1. The summed E-state index contributed by atoms with van der Waals surface area (Å²) in [5.41, 5.74) is 2.20. The Morgan fingerprint density at radius 3 is 2.61 bits per heavy atom. The average Bonchev–Trinajstić information content (AvgIpc) is 3.16. The van der Waals surface area contributed by atoms with Crippen molar-refractivity contribution in [2.75, 3.05) is 31.1 Å². The molecule has 0 bridgehead atoms. The molecule has 0 N–H and O–H groups in total. The molecular formula is C20H18ClFN4OS. The van der Waals surface area contributed by atoms with E-state index in [1.165, 1.54) is 18.2 Å². The van der Waals surface area contributed by atoms with Gasteiger partial charge in [0.05, 0.1) is 10.6 Å². The molecule has 0 radical (unpaired) electrons. The molecular weight excluding hydrogens is 399 g/mol. The van der Waals surface area contributed by atoms with Gasteiger partial charge in [0.15, 0.2) is 0 Å². The van der Waals surface area contributed by atoms with E-state index in [0.29, 0.717) is 26.2 Å². The number of hydrogen-bond acceptors (Lipinski definition) is 5. The lowest BCUT2D eigenvalue weighted by molar-refractivity contribution is 0.0746. The second kappa shape index (κ2) is 7.85. The number of piperazine rings is 1. The van der Waals surface area contributed by atoms with E-state index in [1.807, 2.05) is 30.6 Å². The third-order valence-corrected chi connectivity index (χ3v) is 6.00. The van der Waals surface area contributed by atoms with Crippen LogP contribution in [0.3, 0.4) is 0 Å². The molecule has 3 aromatic rings. The first-order valence-electron chi connectivity index (χ1n) is 8.89. The summed E-state index contributed by atoms with van der Waals surface area (Å²) in [6.07, 6.45) is 1.83. The van der Waals surface area contributed by atoms with Gasteiger partial charge in [0.1, 0.15) is 16.6 Å². The Balaban J connectivity index is 1.41. The summed E-state index contributed by atoms with van der Waals surface area (Å²) in [4.78, 5) is 25.5. The summed E-state index contributed by atoms with van der Waals surface area (Å²) in [5, 5.41) is 3.24. The molecule has 28 heavy (non-hydrogen) atoms. The number of rotatable bonds is 3. The van der Waals surface area contributed by atoms with Crippen LogP contribution in [0.15, 0.2) is 41.9 Å². The van der Waals surface area contributed by atoms with Gasteiger partial charge in [-0.1, -0.05) is 11.6 Å². The largest absolute Gasteiger partial charge is 0.353 e. The molecule has 0 spiro atoms. The van der Waals surface area contributed by atoms with Crippen LogP contribution in [0.2, 0.25) is 5.02 Å². The van der Waals surface area contributed by atoms with Crippen molar-refractivity contribution in [2.24, 2.45) is 0 Å². The van der Waals surface area contributed by atoms with Gasteiger partial charge in [-0.25, -0.2) is 14.4 Å². The minimum absolute atomic E-state index is 0.205. The van der Waals surface area contributed by atoms with Crippen molar-refractivity contribution in [1.29, 1.82) is 0 Å². The number of carbonyl (C=O) groups is 1. The first-order chi connectivity index (χ1) is 13.5. The van der Waals surface area contributed by atoms with Crippen LogP contribution < -0.4 is 4.90 Å². The van der Waals surface area contributed by atoms with Crippen LogP contribution in [0.1, 0.15) is 16.1 Å². The zero-order valence-electron chi connectivity index (χ0n) is 15.2. The Bertz CT molecular complexity index is 1000. The van der Waals surface area contributed by atoms with Gasteiger partial charge in [0.2, 0.25) is 0 Å². The highest BCUT2D eigenvalue weighted by Crippen LogP contribution is 2.25. The highest BCUT2D eigenvalue weighted by atomic mass is 35.5. The van der Waals surface area contributed by atoms with E-state index in [-0.39, 0.29) is 16.5 Å². The van der Waals surface area contributed by atoms with E-state index in [0.717, 1.165) is 22.1 Å². The Morgan fingerprint density at radius 1 is 1.18 bits per heavy atom. The van der Waals surface area contributed by atoms with Gasteiger partial charge < -0.3 is 9.80 Å². The molecule has 4 rings (SSSR count). The molecule has 8 heteroatoms. The van der Waals surface area contributed by atoms with Crippen molar-refractivity contribution < 1.29 is 9.18 Å². The Hall–Kier alpha value is -2.51. The van der Waals surface area contributed by atoms with Gasteiger partial charge >= 0.3 is 0 Å². The summed E-state index contributed by atoms with van der Waals surface area (Å²) in [6, 6.07) is 7.85. The minimum Gasteiger partial charge on any atom is -0.353 e. The van der Waals surface area contributed by atoms with Gasteiger partial charge in [0.25, 0.3) is 5.91 Å². The van der Waals surface area contributed by atoms with E-state index in [2.05, 4.69) is 14.9 Å². The summed E-state index contributed by atoms with van der Waals surface area (Å²) >= 11 is 7.66. The van der Waals surface area contributed by atoms with Crippen molar-refractivity contribution in [2.45, 2.75) is 6.92 Å². The Kier molecular flexibility index (Phi) is 5.28. The molecule has 0 saturated carbocycles. The molecule has 144 valence electrons. The van der Waals surface area contributed by atoms with Gasteiger partial charge in [-0.3, -0.25) is 4.79 Å². The van der Waals surface area contributed by atoms with Crippen molar-refractivity contribution in [3.8, 4) is 10.6 Å². The maximum Gasteiger partial charge on any atom is 0.255 e. The molecule has 1 aliphatic heterocycles. The Morgan fingerprint density at radius 2 is 1.96 bits per heavy atom. The van der Waals surface area contributed by atoms with E-state index < -0.39 is 5.82 Å². The second-order valence-electron chi connectivity index (χ2n) is 6.60. The number of aromatic nitrogens is 2. The lowest BCUT2D eigenvalue weighted by atomic mass is 10.1. The van der Waals surface area contributed by atoms with Crippen LogP contribution in [0.25, 0.3) is 10.6 Å². The average molecular weight is 417 g/mol. The van der Waals surface area contributed by atoms with Crippen LogP contribution in [0, 0.1) is 12.7 Å². The van der Waals surface area contributed by atoms with E-state index in [9.17, 15) is 9.18 Å². The third-order valence-electron chi connectivity index (χ3n) is 4.66. The lowest BCUT2D eigenvalue weighted by Crippen LogP contribution is -2.49. The predicted molar refractivity (Wildman–Crippen MR) is 110 cm³/mol. The zero-order valence-corrected chi connectivity index (χ0v) is 16.8. The zero-order chi connectivity index (χ0) is 19.7. The number of aryl methyl sites for hydroxylation is 1.